The first kappa shape index (κ1) is 15.1. The van der Waals surface area contributed by atoms with Crippen LogP contribution in [-0.4, -0.2) is 11.5 Å². The van der Waals surface area contributed by atoms with Crippen molar-refractivity contribution in [1.29, 1.82) is 0 Å². The minimum absolute atomic E-state index is 0.0404. The molecule has 110 valence electrons. The summed E-state index contributed by atoms with van der Waals surface area (Å²) in [6, 6.07) is 14.7. The summed E-state index contributed by atoms with van der Waals surface area (Å²) in [5.41, 5.74) is 10.4. The largest absolute Gasteiger partial charge is 0.399 e. The van der Waals surface area contributed by atoms with Gasteiger partial charge in [0.15, 0.2) is 0 Å². The summed E-state index contributed by atoms with van der Waals surface area (Å²) in [5.74, 6) is 2.36. The fourth-order valence-corrected chi connectivity index (χ4v) is 6.06. The molecule has 1 nitrogen and oxygen atoms in total. The Morgan fingerprint density at radius 3 is 2.24 bits per heavy atom. The van der Waals surface area contributed by atoms with Gasteiger partial charge in [-0.2, -0.15) is 0 Å². The van der Waals surface area contributed by atoms with Gasteiger partial charge in [-0.15, -0.1) is 23.5 Å². The molecular weight excluding hydrogens is 318 g/mol. The van der Waals surface area contributed by atoms with Crippen LogP contribution in [0.5, 0.6) is 0 Å². The molecule has 21 heavy (non-hydrogen) atoms. The van der Waals surface area contributed by atoms with E-state index < -0.39 is 0 Å². The van der Waals surface area contributed by atoms with Crippen LogP contribution in [0.4, 0.5) is 5.69 Å². The second kappa shape index (κ2) is 6.15. The molecule has 4 heteroatoms. The van der Waals surface area contributed by atoms with E-state index in [9.17, 15) is 0 Å². The number of rotatable bonds is 2. The third kappa shape index (κ3) is 2.92. The van der Waals surface area contributed by atoms with Gasteiger partial charge in [-0.25, -0.2) is 0 Å². The van der Waals surface area contributed by atoms with Crippen LogP contribution in [-0.2, 0) is 4.08 Å². The molecule has 1 aliphatic rings. The SMILES string of the molecule is Cc1cc(C2(c3ccc(N)cc3)SCCCS2)ccc1Cl. The Kier molecular flexibility index (Phi) is 4.43. The smallest absolute Gasteiger partial charge is 0.111 e. The Morgan fingerprint density at radius 2 is 1.62 bits per heavy atom. The van der Waals surface area contributed by atoms with Crippen molar-refractivity contribution in [2.45, 2.75) is 17.4 Å². The van der Waals surface area contributed by atoms with E-state index in [4.69, 9.17) is 17.3 Å². The Morgan fingerprint density at radius 1 is 1.00 bits per heavy atom. The van der Waals surface area contributed by atoms with Gasteiger partial charge in [0.1, 0.15) is 4.08 Å². The van der Waals surface area contributed by atoms with Gasteiger partial charge in [0.2, 0.25) is 0 Å². The molecule has 2 aromatic rings. The molecule has 0 bridgehead atoms. The van der Waals surface area contributed by atoms with Gasteiger partial charge in [0.25, 0.3) is 0 Å². The highest BCUT2D eigenvalue weighted by molar-refractivity contribution is 8.18. The molecule has 3 rings (SSSR count). The van der Waals surface area contributed by atoms with Gasteiger partial charge in [0, 0.05) is 10.7 Å². The van der Waals surface area contributed by atoms with Crippen molar-refractivity contribution in [2.24, 2.45) is 0 Å². The van der Waals surface area contributed by atoms with Gasteiger partial charge in [-0.05, 0) is 59.7 Å². The molecule has 0 aromatic heterocycles. The molecule has 0 radical (unpaired) electrons. The third-order valence-electron chi connectivity index (χ3n) is 3.73. The zero-order valence-electron chi connectivity index (χ0n) is 11.9. The molecule has 0 amide bonds. The van der Waals surface area contributed by atoms with E-state index in [1.165, 1.54) is 29.1 Å². The van der Waals surface area contributed by atoms with Crippen LogP contribution in [0, 0.1) is 6.92 Å². The second-order valence-electron chi connectivity index (χ2n) is 5.25. The molecule has 2 aromatic carbocycles. The molecular formula is C17H18ClNS2. The van der Waals surface area contributed by atoms with Crippen LogP contribution in [0.2, 0.25) is 5.02 Å². The minimum Gasteiger partial charge on any atom is -0.399 e. The summed E-state index contributed by atoms with van der Waals surface area (Å²) in [6.45, 7) is 2.07. The Hall–Kier alpha value is -0.770. The highest BCUT2D eigenvalue weighted by atomic mass is 35.5. The average molecular weight is 336 g/mol. The van der Waals surface area contributed by atoms with Crippen LogP contribution in [0.25, 0.3) is 0 Å². The van der Waals surface area contributed by atoms with E-state index in [1.54, 1.807) is 0 Å². The molecule has 0 saturated carbocycles. The monoisotopic (exact) mass is 335 g/mol. The Labute approximate surface area is 139 Å². The lowest BCUT2D eigenvalue weighted by molar-refractivity contribution is 1.00. The van der Waals surface area contributed by atoms with Crippen molar-refractivity contribution in [2.75, 3.05) is 17.2 Å². The molecule has 0 aliphatic carbocycles. The first-order valence-corrected chi connectivity index (χ1v) is 9.37. The lowest BCUT2D eigenvalue weighted by atomic mass is 10.0. The number of aryl methyl sites for hydroxylation is 1. The van der Waals surface area contributed by atoms with Crippen molar-refractivity contribution >= 4 is 40.8 Å². The number of benzene rings is 2. The highest BCUT2D eigenvalue weighted by Gasteiger charge is 2.37. The number of nitrogen functional groups attached to an aromatic ring is 1. The first-order chi connectivity index (χ1) is 10.1. The van der Waals surface area contributed by atoms with Crippen LogP contribution >= 0.6 is 35.1 Å². The first-order valence-electron chi connectivity index (χ1n) is 7.02. The topological polar surface area (TPSA) is 26.0 Å². The number of thioether (sulfide) groups is 2. The van der Waals surface area contributed by atoms with E-state index in [0.717, 1.165) is 16.3 Å². The Balaban J connectivity index is 2.12. The number of hydrogen-bond donors (Lipinski definition) is 1. The van der Waals surface area contributed by atoms with Crippen molar-refractivity contribution in [3.8, 4) is 0 Å². The molecule has 0 atom stereocenters. The molecule has 0 spiro atoms. The quantitative estimate of drug-likeness (QED) is 0.754. The predicted molar refractivity (Wildman–Crippen MR) is 97.4 cm³/mol. The molecule has 0 unspecified atom stereocenters. The summed E-state index contributed by atoms with van der Waals surface area (Å²) < 4.78 is -0.0404. The molecule has 1 heterocycles. The van der Waals surface area contributed by atoms with E-state index in [0.29, 0.717) is 0 Å². The van der Waals surface area contributed by atoms with Gasteiger partial charge < -0.3 is 5.73 Å². The lowest BCUT2D eigenvalue weighted by Crippen LogP contribution is -2.24. The zero-order chi connectivity index (χ0) is 14.9. The number of hydrogen-bond acceptors (Lipinski definition) is 3. The van der Waals surface area contributed by atoms with Crippen LogP contribution in [0.3, 0.4) is 0 Å². The Bertz CT molecular complexity index is 634. The highest BCUT2D eigenvalue weighted by Crippen LogP contribution is 2.55. The summed E-state index contributed by atoms with van der Waals surface area (Å²) >= 11 is 10.2. The normalized spacial score (nSPS) is 17.6. The summed E-state index contributed by atoms with van der Waals surface area (Å²) in [6.07, 6.45) is 1.26. The maximum atomic E-state index is 6.20. The summed E-state index contributed by atoms with van der Waals surface area (Å²) in [5, 5.41) is 0.831. The lowest BCUT2D eigenvalue weighted by Gasteiger charge is -2.37. The standard InChI is InChI=1S/C17H18ClNS2/c1-12-11-14(5-8-16(12)18)17(20-9-2-10-21-17)13-3-6-15(19)7-4-13/h3-8,11H,2,9-10,19H2,1H3. The minimum atomic E-state index is -0.0404. The second-order valence-corrected chi connectivity index (χ2v) is 8.54. The maximum absolute atomic E-state index is 6.20. The number of halogens is 1. The van der Waals surface area contributed by atoms with Gasteiger partial charge >= 0.3 is 0 Å². The third-order valence-corrected chi connectivity index (χ3v) is 7.60. The average Bonchev–Trinajstić information content (AvgIpc) is 2.51. The fraction of sp³-hybridized carbons (Fsp3) is 0.294. The molecule has 1 fully saturated rings. The molecule has 2 N–H and O–H groups in total. The van der Waals surface area contributed by atoms with E-state index in [1.807, 2.05) is 41.7 Å². The molecule has 1 aliphatic heterocycles. The zero-order valence-corrected chi connectivity index (χ0v) is 14.3. The predicted octanol–water partition coefficient (Wildman–Crippen LogP) is 5.30. The fourth-order valence-electron chi connectivity index (χ4n) is 2.58. The van der Waals surface area contributed by atoms with Crippen molar-refractivity contribution in [3.05, 3.63) is 64.2 Å². The molecule has 1 saturated heterocycles. The number of anilines is 1. The summed E-state index contributed by atoms with van der Waals surface area (Å²) in [4.78, 5) is 0. The van der Waals surface area contributed by atoms with Gasteiger partial charge in [-0.3, -0.25) is 0 Å². The van der Waals surface area contributed by atoms with E-state index in [-0.39, 0.29) is 4.08 Å². The summed E-state index contributed by atoms with van der Waals surface area (Å²) in [7, 11) is 0. The van der Waals surface area contributed by atoms with Crippen molar-refractivity contribution < 1.29 is 0 Å². The van der Waals surface area contributed by atoms with Crippen LogP contribution in [0.15, 0.2) is 42.5 Å². The van der Waals surface area contributed by atoms with Gasteiger partial charge in [0.05, 0.1) is 0 Å². The van der Waals surface area contributed by atoms with Crippen LogP contribution < -0.4 is 5.73 Å². The van der Waals surface area contributed by atoms with Gasteiger partial charge in [-0.1, -0.05) is 35.9 Å². The maximum Gasteiger partial charge on any atom is 0.111 e. The van der Waals surface area contributed by atoms with Crippen LogP contribution in [0.1, 0.15) is 23.1 Å². The van der Waals surface area contributed by atoms with Crippen molar-refractivity contribution in [3.63, 3.8) is 0 Å². The van der Waals surface area contributed by atoms with Crippen molar-refractivity contribution in [1.82, 2.24) is 0 Å². The van der Waals surface area contributed by atoms with E-state index in [2.05, 4.69) is 31.2 Å². The number of nitrogens with two attached hydrogens (primary N) is 1. The van der Waals surface area contributed by atoms with E-state index >= 15 is 0 Å².